The Hall–Kier alpha value is -0.130. The van der Waals surface area contributed by atoms with Crippen LogP contribution < -0.4 is 0 Å². The highest BCUT2D eigenvalue weighted by molar-refractivity contribution is 7.89. The second-order valence-corrected chi connectivity index (χ2v) is 9.17. The number of hydrogen-bond acceptors (Lipinski definition) is 3. The van der Waals surface area contributed by atoms with Crippen molar-refractivity contribution in [3.8, 4) is 0 Å². The molecule has 3 rings (SSSR count). The van der Waals surface area contributed by atoms with Gasteiger partial charge in [0.05, 0.1) is 10.9 Å². The third kappa shape index (κ3) is 2.64. The molecule has 3 fully saturated rings. The van der Waals surface area contributed by atoms with Gasteiger partial charge >= 0.3 is 0 Å². The summed E-state index contributed by atoms with van der Waals surface area (Å²) in [7, 11) is -3.14. The zero-order valence-corrected chi connectivity index (χ0v) is 13.1. The minimum atomic E-state index is -3.14. The third-order valence-corrected chi connectivity index (χ3v) is 8.09. The molecular weight excluding hydrogens is 274 g/mol. The average Bonchev–Trinajstić information content (AvgIpc) is 2.47. The normalized spacial score (nSPS) is 37.5. The maximum absolute atomic E-state index is 12.8. The van der Waals surface area contributed by atoms with E-state index in [0.29, 0.717) is 19.5 Å². The highest BCUT2D eigenvalue weighted by atomic mass is 32.2. The lowest BCUT2D eigenvalue weighted by Gasteiger charge is -2.47. The maximum Gasteiger partial charge on any atom is 0.216 e. The fourth-order valence-corrected chi connectivity index (χ4v) is 6.43. The largest absolute Gasteiger partial charge is 0.390 e. The van der Waals surface area contributed by atoms with Gasteiger partial charge in [0.15, 0.2) is 0 Å². The van der Waals surface area contributed by atoms with Crippen LogP contribution >= 0.6 is 0 Å². The summed E-state index contributed by atoms with van der Waals surface area (Å²) in [5.41, 5.74) is -0.586. The van der Waals surface area contributed by atoms with Crippen LogP contribution in [0.3, 0.4) is 0 Å². The molecule has 0 aromatic carbocycles. The smallest absolute Gasteiger partial charge is 0.216 e. The summed E-state index contributed by atoms with van der Waals surface area (Å²) in [5, 5.41) is 10.5. The molecule has 0 bridgehead atoms. The number of sulfonamides is 1. The number of aliphatic hydroxyl groups is 1. The Morgan fingerprint density at radius 1 is 0.950 bits per heavy atom. The quantitative estimate of drug-likeness (QED) is 0.851. The second-order valence-electron chi connectivity index (χ2n) is 6.96. The van der Waals surface area contributed by atoms with E-state index in [1.165, 1.54) is 6.42 Å². The van der Waals surface area contributed by atoms with Crippen molar-refractivity contribution in [3.63, 3.8) is 0 Å². The minimum Gasteiger partial charge on any atom is -0.390 e. The van der Waals surface area contributed by atoms with Crippen molar-refractivity contribution in [2.24, 2.45) is 5.92 Å². The van der Waals surface area contributed by atoms with Gasteiger partial charge in [-0.3, -0.25) is 0 Å². The van der Waals surface area contributed by atoms with E-state index in [-0.39, 0.29) is 11.2 Å². The molecule has 3 aliphatic rings. The Morgan fingerprint density at radius 2 is 1.65 bits per heavy atom. The first-order valence-electron chi connectivity index (χ1n) is 8.24. The Bertz CT molecular complexity index is 444. The molecule has 2 saturated carbocycles. The van der Waals surface area contributed by atoms with Gasteiger partial charge in [-0.05, 0) is 32.1 Å². The predicted octanol–water partition coefficient (Wildman–Crippen LogP) is 2.28. The molecule has 0 aromatic heterocycles. The van der Waals surface area contributed by atoms with Gasteiger partial charge in [-0.1, -0.05) is 32.1 Å². The predicted molar refractivity (Wildman–Crippen MR) is 78.9 cm³/mol. The zero-order chi connectivity index (χ0) is 14.2. The molecule has 116 valence electrons. The van der Waals surface area contributed by atoms with Crippen LogP contribution in [0.15, 0.2) is 0 Å². The fourth-order valence-electron chi connectivity index (χ4n) is 4.35. The van der Waals surface area contributed by atoms with Crippen molar-refractivity contribution >= 4 is 10.0 Å². The Kier molecular flexibility index (Phi) is 4.13. The lowest BCUT2D eigenvalue weighted by Crippen LogP contribution is -2.56. The molecule has 0 aromatic rings. The van der Waals surface area contributed by atoms with Crippen LogP contribution in [0.5, 0.6) is 0 Å². The standard InChI is InChI=1S/C15H27NO3S/c17-15-9-5-4-6-13(15)12-16(11-10-15)20(18,19)14-7-2-1-3-8-14/h13-14,17H,1-12H2. The molecule has 0 spiro atoms. The molecular formula is C15H27NO3S. The molecule has 5 heteroatoms. The molecule has 20 heavy (non-hydrogen) atoms. The van der Waals surface area contributed by atoms with E-state index < -0.39 is 15.6 Å². The van der Waals surface area contributed by atoms with Crippen molar-refractivity contribution in [2.45, 2.75) is 75.1 Å². The van der Waals surface area contributed by atoms with E-state index in [1.807, 2.05) is 0 Å². The SMILES string of the molecule is O=S(=O)(C1CCCCC1)N1CCC2(O)CCCCC2C1. The van der Waals surface area contributed by atoms with Gasteiger partial charge in [0, 0.05) is 19.0 Å². The first kappa shape index (κ1) is 14.8. The Morgan fingerprint density at radius 3 is 2.40 bits per heavy atom. The minimum absolute atomic E-state index is 0.156. The molecule has 1 aliphatic heterocycles. The summed E-state index contributed by atoms with van der Waals surface area (Å²) in [6, 6.07) is 0. The van der Waals surface area contributed by atoms with Crippen LogP contribution in [0.2, 0.25) is 0 Å². The summed E-state index contributed by atoms with van der Waals surface area (Å²) < 4.78 is 27.2. The average molecular weight is 301 g/mol. The van der Waals surface area contributed by atoms with Crippen molar-refractivity contribution in [2.75, 3.05) is 13.1 Å². The van der Waals surface area contributed by atoms with Gasteiger partial charge in [0.1, 0.15) is 0 Å². The molecule has 2 aliphatic carbocycles. The molecule has 4 nitrogen and oxygen atoms in total. The second kappa shape index (κ2) is 5.58. The van der Waals surface area contributed by atoms with Crippen molar-refractivity contribution in [1.29, 1.82) is 0 Å². The molecule has 1 heterocycles. The topological polar surface area (TPSA) is 57.6 Å². The van der Waals surface area contributed by atoms with Gasteiger partial charge in [-0.2, -0.15) is 0 Å². The number of hydrogen-bond donors (Lipinski definition) is 1. The summed E-state index contributed by atoms with van der Waals surface area (Å²) in [6.07, 6.45) is 9.60. The summed E-state index contributed by atoms with van der Waals surface area (Å²) in [6.45, 7) is 1.07. The summed E-state index contributed by atoms with van der Waals surface area (Å²) >= 11 is 0. The van der Waals surface area contributed by atoms with Crippen molar-refractivity contribution in [1.82, 2.24) is 4.31 Å². The van der Waals surface area contributed by atoms with Crippen LogP contribution in [0.4, 0.5) is 0 Å². The molecule has 2 atom stereocenters. The van der Waals surface area contributed by atoms with Crippen LogP contribution in [-0.2, 0) is 10.0 Å². The Balaban J connectivity index is 1.71. The van der Waals surface area contributed by atoms with E-state index in [4.69, 9.17) is 0 Å². The number of piperidine rings is 1. The van der Waals surface area contributed by atoms with Crippen LogP contribution in [-0.4, -0.2) is 41.8 Å². The van der Waals surface area contributed by atoms with E-state index in [9.17, 15) is 13.5 Å². The molecule has 0 amide bonds. The fraction of sp³-hybridized carbons (Fsp3) is 1.00. The van der Waals surface area contributed by atoms with E-state index in [1.54, 1.807) is 4.31 Å². The van der Waals surface area contributed by atoms with E-state index in [0.717, 1.165) is 51.4 Å². The van der Waals surface area contributed by atoms with Gasteiger partial charge in [-0.15, -0.1) is 0 Å². The van der Waals surface area contributed by atoms with Crippen LogP contribution in [0, 0.1) is 5.92 Å². The number of nitrogens with zero attached hydrogens (tertiary/aromatic N) is 1. The lowest BCUT2D eigenvalue weighted by atomic mass is 9.72. The van der Waals surface area contributed by atoms with E-state index in [2.05, 4.69) is 0 Å². The van der Waals surface area contributed by atoms with Crippen molar-refractivity contribution < 1.29 is 13.5 Å². The van der Waals surface area contributed by atoms with Crippen LogP contribution in [0.25, 0.3) is 0 Å². The number of fused-ring (bicyclic) bond motifs is 1. The summed E-state index contributed by atoms with van der Waals surface area (Å²) in [4.78, 5) is 0. The highest BCUT2D eigenvalue weighted by Crippen LogP contribution is 2.41. The lowest BCUT2D eigenvalue weighted by molar-refractivity contribution is -0.0818. The van der Waals surface area contributed by atoms with Crippen LogP contribution in [0.1, 0.15) is 64.2 Å². The number of rotatable bonds is 2. The molecule has 1 saturated heterocycles. The van der Waals surface area contributed by atoms with Gasteiger partial charge in [-0.25, -0.2) is 12.7 Å². The Labute approximate surface area is 122 Å². The monoisotopic (exact) mass is 301 g/mol. The first-order valence-corrected chi connectivity index (χ1v) is 9.74. The van der Waals surface area contributed by atoms with Gasteiger partial charge in [0.25, 0.3) is 0 Å². The van der Waals surface area contributed by atoms with Crippen molar-refractivity contribution in [3.05, 3.63) is 0 Å². The van der Waals surface area contributed by atoms with E-state index >= 15 is 0 Å². The molecule has 0 radical (unpaired) electrons. The van der Waals surface area contributed by atoms with Gasteiger partial charge in [0.2, 0.25) is 10.0 Å². The highest BCUT2D eigenvalue weighted by Gasteiger charge is 2.46. The summed E-state index contributed by atoms with van der Waals surface area (Å²) in [5.74, 6) is 0.156. The van der Waals surface area contributed by atoms with Gasteiger partial charge < -0.3 is 5.11 Å². The first-order chi connectivity index (χ1) is 9.52. The third-order valence-electron chi connectivity index (χ3n) is 5.72. The zero-order valence-electron chi connectivity index (χ0n) is 12.3. The molecule has 2 unspecified atom stereocenters. The maximum atomic E-state index is 12.8. The molecule has 1 N–H and O–H groups in total.